The lowest BCUT2D eigenvalue weighted by molar-refractivity contribution is 0.974. The zero-order valence-corrected chi connectivity index (χ0v) is 15.3. The van der Waals surface area contributed by atoms with Gasteiger partial charge in [-0.3, -0.25) is 0 Å². The maximum absolute atomic E-state index is 4.35. The number of aromatic nitrogens is 2. The Morgan fingerprint density at radius 2 is 1.12 bits per heavy atom. The lowest BCUT2D eigenvalue weighted by Gasteiger charge is -2.02. The van der Waals surface area contributed by atoms with Crippen LogP contribution in [0.2, 0.25) is 0 Å². The minimum atomic E-state index is 1.03. The largest absolute Gasteiger partial charge is 0.304 e. The molecule has 0 aliphatic carbocycles. The average molecular weight is 340 g/mol. The van der Waals surface area contributed by atoms with Crippen molar-refractivity contribution in [1.82, 2.24) is 9.55 Å². The van der Waals surface area contributed by atoms with Crippen molar-refractivity contribution >= 4 is 0 Å². The first kappa shape index (κ1) is 17.7. The van der Waals surface area contributed by atoms with Gasteiger partial charge in [-0.15, -0.1) is 0 Å². The molecule has 0 N–H and O–H groups in total. The van der Waals surface area contributed by atoms with Crippen molar-refractivity contribution in [3.05, 3.63) is 120 Å². The molecule has 130 valence electrons. The zero-order chi connectivity index (χ0) is 18.2. The first-order valence-corrected chi connectivity index (χ1v) is 8.88. The molecule has 0 spiro atoms. The van der Waals surface area contributed by atoms with Crippen LogP contribution in [-0.4, -0.2) is 9.55 Å². The molecule has 0 unspecified atom stereocenters. The molecule has 1 aromatic heterocycles. The molecule has 2 heteroatoms. The Morgan fingerprint density at radius 1 is 0.654 bits per heavy atom. The van der Waals surface area contributed by atoms with E-state index in [1.165, 1.54) is 16.8 Å². The quantitative estimate of drug-likeness (QED) is 0.463. The summed E-state index contributed by atoms with van der Waals surface area (Å²) in [6.07, 6.45) is 3.08. The monoisotopic (exact) mass is 340 g/mol. The molecule has 26 heavy (non-hydrogen) atoms. The van der Waals surface area contributed by atoms with Crippen molar-refractivity contribution in [1.29, 1.82) is 0 Å². The Labute approximate surface area is 155 Å². The van der Waals surface area contributed by atoms with E-state index in [1.54, 1.807) is 0 Å². The maximum atomic E-state index is 4.35. The molecule has 0 saturated carbocycles. The summed E-state index contributed by atoms with van der Waals surface area (Å²) in [7, 11) is 0. The Bertz CT molecular complexity index is 873. The fourth-order valence-corrected chi connectivity index (χ4v) is 2.90. The van der Waals surface area contributed by atoms with E-state index in [-0.39, 0.29) is 0 Å². The fraction of sp³-hybridized carbons (Fsp3) is 0.125. The summed E-state index contributed by atoms with van der Waals surface area (Å²) in [4.78, 5) is 4.35. The van der Waals surface area contributed by atoms with Crippen molar-refractivity contribution in [3.8, 4) is 5.69 Å². The lowest BCUT2D eigenvalue weighted by atomic mass is 10.1. The number of hydrogen-bond donors (Lipinski definition) is 0. The van der Waals surface area contributed by atoms with E-state index in [4.69, 9.17) is 0 Å². The molecule has 2 nitrogen and oxygen atoms in total. The molecule has 4 rings (SSSR count). The average Bonchev–Trinajstić information content (AvgIpc) is 3.03. The van der Waals surface area contributed by atoms with Gasteiger partial charge in [0.2, 0.25) is 0 Å². The molecule has 1 heterocycles. The Morgan fingerprint density at radius 3 is 1.54 bits per heavy atom. The third-order valence-electron chi connectivity index (χ3n) is 4.13. The Kier molecular flexibility index (Phi) is 6.00. The number of aryl methyl sites for hydroxylation is 2. The van der Waals surface area contributed by atoms with E-state index in [1.807, 2.05) is 38.2 Å². The van der Waals surface area contributed by atoms with E-state index in [2.05, 4.69) is 82.3 Å². The summed E-state index contributed by atoms with van der Waals surface area (Å²) in [6.45, 7) is 4.02. The molecule has 0 fully saturated rings. The Hall–Kier alpha value is -3.13. The van der Waals surface area contributed by atoms with Crippen LogP contribution in [0.4, 0.5) is 0 Å². The summed E-state index contributed by atoms with van der Waals surface area (Å²) in [5.41, 5.74) is 4.96. The third-order valence-corrected chi connectivity index (χ3v) is 4.13. The van der Waals surface area contributed by atoms with Crippen molar-refractivity contribution in [3.63, 3.8) is 0 Å². The third kappa shape index (κ3) is 4.93. The molecule has 3 aromatic carbocycles. The summed E-state index contributed by atoms with van der Waals surface area (Å²) in [5, 5.41) is 0. The van der Waals surface area contributed by atoms with Gasteiger partial charge in [-0.25, -0.2) is 4.98 Å². The van der Waals surface area contributed by atoms with E-state index < -0.39 is 0 Å². The molecule has 0 amide bonds. The standard InChI is InChI=1S/C13H12.C11H12N2/c1-3-7-12(8-4-1)11-13-9-5-2-6-10-13;1-9-8-13(10(2)12-9)11-6-4-3-5-7-11/h1-10H,11H2;3-8H,1-2H3. The van der Waals surface area contributed by atoms with Crippen LogP contribution in [0.25, 0.3) is 5.69 Å². The minimum absolute atomic E-state index is 1.03. The van der Waals surface area contributed by atoms with Crippen LogP contribution in [0.1, 0.15) is 22.6 Å². The van der Waals surface area contributed by atoms with Crippen LogP contribution in [0.15, 0.2) is 97.2 Å². The topological polar surface area (TPSA) is 17.8 Å². The molecule has 4 aromatic rings. The predicted octanol–water partition coefficient (Wildman–Crippen LogP) is 5.77. The minimum Gasteiger partial charge on any atom is -0.304 e. The maximum Gasteiger partial charge on any atom is 0.110 e. The van der Waals surface area contributed by atoms with E-state index in [9.17, 15) is 0 Å². The van der Waals surface area contributed by atoms with Crippen molar-refractivity contribution < 1.29 is 0 Å². The highest BCUT2D eigenvalue weighted by molar-refractivity contribution is 5.33. The van der Waals surface area contributed by atoms with Crippen LogP contribution in [0, 0.1) is 13.8 Å². The number of rotatable bonds is 3. The number of nitrogens with zero attached hydrogens (tertiary/aromatic N) is 2. The van der Waals surface area contributed by atoms with Crippen LogP contribution >= 0.6 is 0 Å². The van der Waals surface area contributed by atoms with Crippen molar-refractivity contribution in [2.45, 2.75) is 20.3 Å². The molecule has 0 aliphatic heterocycles. The molecule has 0 atom stereocenters. The SMILES string of the molecule is Cc1cn(-c2ccccc2)c(C)n1.c1ccc(Cc2ccccc2)cc1. The summed E-state index contributed by atoms with van der Waals surface area (Å²) in [5.74, 6) is 1.03. The number of benzene rings is 3. The highest BCUT2D eigenvalue weighted by Crippen LogP contribution is 2.11. The van der Waals surface area contributed by atoms with E-state index in [0.717, 1.165) is 17.9 Å². The van der Waals surface area contributed by atoms with Crippen molar-refractivity contribution in [2.24, 2.45) is 0 Å². The number of para-hydroxylation sites is 1. The molecular weight excluding hydrogens is 316 g/mol. The zero-order valence-electron chi connectivity index (χ0n) is 15.3. The van der Waals surface area contributed by atoms with Gasteiger partial charge in [-0.2, -0.15) is 0 Å². The number of hydrogen-bond acceptors (Lipinski definition) is 1. The first-order chi connectivity index (χ1) is 12.7. The molecular formula is C24H24N2. The van der Waals surface area contributed by atoms with Gasteiger partial charge in [0.05, 0.1) is 5.69 Å². The summed E-state index contributed by atoms with van der Waals surface area (Å²) in [6, 6.07) is 31.3. The van der Waals surface area contributed by atoms with Gasteiger partial charge in [0.25, 0.3) is 0 Å². The van der Waals surface area contributed by atoms with E-state index in [0.29, 0.717) is 0 Å². The highest BCUT2D eigenvalue weighted by atomic mass is 15.1. The smallest absolute Gasteiger partial charge is 0.110 e. The summed E-state index contributed by atoms with van der Waals surface area (Å²) >= 11 is 0. The second-order valence-electron chi connectivity index (χ2n) is 6.28. The number of imidazole rings is 1. The van der Waals surface area contributed by atoms with Gasteiger partial charge in [0, 0.05) is 11.9 Å². The van der Waals surface area contributed by atoms with E-state index >= 15 is 0 Å². The van der Waals surface area contributed by atoms with Gasteiger partial charge in [0.1, 0.15) is 5.82 Å². The second-order valence-corrected chi connectivity index (χ2v) is 6.28. The predicted molar refractivity (Wildman–Crippen MR) is 109 cm³/mol. The lowest BCUT2D eigenvalue weighted by Crippen LogP contribution is -1.93. The van der Waals surface area contributed by atoms with Crippen LogP contribution in [0.3, 0.4) is 0 Å². The van der Waals surface area contributed by atoms with Gasteiger partial charge in [0.15, 0.2) is 0 Å². The van der Waals surface area contributed by atoms with Gasteiger partial charge in [-0.05, 0) is 43.5 Å². The van der Waals surface area contributed by atoms with Gasteiger partial charge in [-0.1, -0.05) is 78.9 Å². The molecule has 0 saturated heterocycles. The Balaban J connectivity index is 0.000000151. The van der Waals surface area contributed by atoms with Gasteiger partial charge < -0.3 is 4.57 Å². The van der Waals surface area contributed by atoms with Crippen LogP contribution in [-0.2, 0) is 6.42 Å². The van der Waals surface area contributed by atoms with Crippen molar-refractivity contribution in [2.75, 3.05) is 0 Å². The second kappa shape index (κ2) is 8.82. The van der Waals surface area contributed by atoms with Gasteiger partial charge >= 0.3 is 0 Å². The first-order valence-electron chi connectivity index (χ1n) is 8.88. The normalized spacial score (nSPS) is 10.1. The van der Waals surface area contributed by atoms with Crippen LogP contribution < -0.4 is 0 Å². The van der Waals surface area contributed by atoms with Crippen LogP contribution in [0.5, 0.6) is 0 Å². The fourth-order valence-electron chi connectivity index (χ4n) is 2.90. The molecule has 0 aliphatic rings. The molecule has 0 radical (unpaired) electrons. The molecule has 0 bridgehead atoms. The summed E-state index contributed by atoms with van der Waals surface area (Å²) < 4.78 is 2.09. The highest BCUT2D eigenvalue weighted by Gasteiger charge is 2.01.